The van der Waals surface area contributed by atoms with E-state index in [-0.39, 0.29) is 36.1 Å². The van der Waals surface area contributed by atoms with Crippen molar-refractivity contribution in [1.29, 1.82) is 0 Å². The average molecular weight is 570 g/mol. The summed E-state index contributed by atoms with van der Waals surface area (Å²) >= 11 is 12.8. The zero-order valence-corrected chi connectivity index (χ0v) is 23.9. The van der Waals surface area contributed by atoms with E-state index < -0.39 is 28.3 Å². The first-order chi connectivity index (χ1) is 18.4. The largest absolute Gasteiger partial charge is 0.483 e. The molecule has 6 rings (SSSR count). The van der Waals surface area contributed by atoms with Gasteiger partial charge in [0.05, 0.1) is 16.1 Å². The van der Waals surface area contributed by atoms with Crippen molar-refractivity contribution in [2.45, 2.75) is 58.2 Å². The van der Waals surface area contributed by atoms with E-state index in [9.17, 15) is 19.8 Å². The maximum atomic E-state index is 13.9. The van der Waals surface area contributed by atoms with Gasteiger partial charge in [-0.2, -0.15) is 0 Å². The Kier molecular flexibility index (Phi) is 6.35. The number of carbonyl (C=O) groups is 2. The molecular formula is C32H34Cl2O5. The molecule has 3 fully saturated rings. The molecule has 0 amide bonds. The molecule has 8 atom stereocenters. The molecular weight excluding hydrogens is 535 g/mol. The summed E-state index contributed by atoms with van der Waals surface area (Å²) in [7, 11) is 0. The van der Waals surface area contributed by atoms with Crippen LogP contribution < -0.4 is 4.74 Å². The number of halogens is 2. The maximum absolute atomic E-state index is 13.9. The molecule has 5 nitrogen and oxygen atoms in total. The normalized spacial score (nSPS) is 39.1. The molecule has 4 aliphatic rings. The number of benzene rings is 2. The highest BCUT2D eigenvalue weighted by Crippen LogP contribution is 2.68. The lowest BCUT2D eigenvalue weighted by Crippen LogP contribution is -2.63. The Labute approximate surface area is 238 Å². The molecule has 0 radical (unpaired) electrons. The van der Waals surface area contributed by atoms with Gasteiger partial charge in [-0.15, -0.1) is 0 Å². The fraction of sp³-hybridized carbons (Fsp3) is 0.500. The van der Waals surface area contributed by atoms with Gasteiger partial charge in [-0.3, -0.25) is 9.59 Å². The van der Waals surface area contributed by atoms with E-state index in [0.717, 1.165) is 23.8 Å². The molecule has 2 aromatic rings. The predicted octanol–water partition coefficient (Wildman–Crippen LogP) is 6.35. The number of hydrogen-bond donors (Lipinski definition) is 2. The van der Waals surface area contributed by atoms with Gasteiger partial charge >= 0.3 is 0 Å². The SMILES string of the molecule is C[C@@H]1CC2C3CCC4=CC(=O)C=CC4(C)C3[C@@H](O)CC2(C)[C@@]1(O)C(=O)COc1c(Cl)cc(Cl)c2ccccc12. The Morgan fingerprint density at radius 3 is 2.62 bits per heavy atom. The molecule has 39 heavy (non-hydrogen) atoms. The molecule has 7 heteroatoms. The van der Waals surface area contributed by atoms with Crippen molar-refractivity contribution in [3.8, 4) is 5.75 Å². The summed E-state index contributed by atoms with van der Waals surface area (Å²) in [5, 5.41) is 26.2. The Morgan fingerprint density at radius 1 is 1.15 bits per heavy atom. The number of rotatable bonds is 4. The Hall–Kier alpha value is -2.18. The van der Waals surface area contributed by atoms with E-state index in [0.29, 0.717) is 34.0 Å². The standard InChI is InChI=1S/C32H34Cl2O5/c1-17-12-23-22-9-8-18-13-19(35)10-11-30(18,2)28(22)26(36)15-31(23,3)32(17,38)27(37)16-39-29-21-7-5-4-6-20(21)24(33)14-25(29)34/h4-7,10-11,13-14,17,22-23,26,28,36,38H,8-9,12,15-16H2,1-3H3/t17-,22?,23?,26+,28?,30?,31?,32+/m1/s1. The van der Waals surface area contributed by atoms with E-state index in [2.05, 4.69) is 6.92 Å². The highest BCUT2D eigenvalue weighted by molar-refractivity contribution is 6.40. The van der Waals surface area contributed by atoms with Crippen LogP contribution >= 0.6 is 23.2 Å². The number of Topliss-reactive ketones (excluding diaryl/α,β-unsaturated/α-hetero) is 1. The topological polar surface area (TPSA) is 83.8 Å². The van der Waals surface area contributed by atoms with E-state index in [4.69, 9.17) is 27.9 Å². The second-order valence-electron chi connectivity index (χ2n) is 12.5. The van der Waals surface area contributed by atoms with Crippen LogP contribution in [0.1, 0.15) is 46.5 Å². The summed E-state index contributed by atoms with van der Waals surface area (Å²) in [6, 6.07) is 9.03. The van der Waals surface area contributed by atoms with Crippen LogP contribution in [0.3, 0.4) is 0 Å². The van der Waals surface area contributed by atoms with Gasteiger partial charge in [0.15, 0.2) is 5.78 Å². The number of aliphatic hydroxyl groups is 2. The Morgan fingerprint density at radius 2 is 1.87 bits per heavy atom. The molecule has 0 spiro atoms. The molecule has 2 N–H and O–H groups in total. The lowest BCUT2D eigenvalue weighted by atomic mass is 9.46. The zero-order chi connectivity index (χ0) is 27.9. The third kappa shape index (κ3) is 3.73. The number of fused-ring (bicyclic) bond motifs is 6. The van der Waals surface area contributed by atoms with Crippen LogP contribution in [0.15, 0.2) is 54.1 Å². The second kappa shape index (κ2) is 9.17. The first-order valence-electron chi connectivity index (χ1n) is 13.8. The van der Waals surface area contributed by atoms with Crippen LogP contribution in [0.2, 0.25) is 10.0 Å². The molecule has 0 aliphatic heterocycles. The van der Waals surface area contributed by atoms with Crippen molar-refractivity contribution in [2.24, 2.45) is 34.5 Å². The van der Waals surface area contributed by atoms with Gasteiger partial charge in [-0.25, -0.2) is 0 Å². The smallest absolute Gasteiger partial charge is 0.202 e. The summed E-state index contributed by atoms with van der Waals surface area (Å²) in [4.78, 5) is 26.0. The van der Waals surface area contributed by atoms with Crippen molar-refractivity contribution >= 4 is 45.5 Å². The summed E-state index contributed by atoms with van der Waals surface area (Å²) in [6.45, 7) is 5.68. The van der Waals surface area contributed by atoms with E-state index in [1.54, 1.807) is 18.2 Å². The van der Waals surface area contributed by atoms with Crippen LogP contribution in [0.25, 0.3) is 10.8 Å². The van der Waals surface area contributed by atoms with E-state index in [1.165, 1.54) is 0 Å². The number of hydrogen-bond acceptors (Lipinski definition) is 5. The van der Waals surface area contributed by atoms with Gasteiger partial charge in [-0.1, -0.05) is 79.9 Å². The quantitative estimate of drug-likeness (QED) is 0.449. The molecule has 0 aromatic heterocycles. The minimum atomic E-state index is -1.66. The molecule has 3 saturated carbocycles. The molecule has 4 aliphatic carbocycles. The van der Waals surface area contributed by atoms with Crippen LogP contribution in [0.4, 0.5) is 0 Å². The van der Waals surface area contributed by atoms with Gasteiger partial charge in [0.25, 0.3) is 0 Å². The monoisotopic (exact) mass is 568 g/mol. The van der Waals surface area contributed by atoms with Crippen molar-refractivity contribution in [1.82, 2.24) is 0 Å². The summed E-state index contributed by atoms with van der Waals surface area (Å²) in [5.74, 6) is -0.230. The Bertz CT molecular complexity index is 1450. The van der Waals surface area contributed by atoms with Crippen LogP contribution in [-0.4, -0.2) is 40.1 Å². The minimum absolute atomic E-state index is 0.000840. The Balaban J connectivity index is 1.30. The first-order valence-corrected chi connectivity index (χ1v) is 14.5. The maximum Gasteiger partial charge on any atom is 0.202 e. The number of ether oxygens (including phenoxy) is 1. The van der Waals surface area contributed by atoms with Gasteiger partial charge in [0.1, 0.15) is 18.0 Å². The third-order valence-electron chi connectivity index (χ3n) is 10.7. The van der Waals surface area contributed by atoms with Crippen LogP contribution in [-0.2, 0) is 9.59 Å². The van der Waals surface area contributed by atoms with E-state index >= 15 is 0 Å². The third-order valence-corrected chi connectivity index (χ3v) is 11.3. The molecule has 0 bridgehead atoms. The molecule has 5 unspecified atom stereocenters. The molecule has 2 aromatic carbocycles. The lowest BCUT2D eigenvalue weighted by Gasteiger charge is -2.59. The number of ketones is 2. The number of carbonyl (C=O) groups excluding carboxylic acids is 2. The van der Waals surface area contributed by atoms with Gasteiger partial charge in [-0.05, 0) is 61.7 Å². The molecule has 206 valence electrons. The van der Waals surface area contributed by atoms with Crippen LogP contribution in [0, 0.1) is 34.5 Å². The zero-order valence-electron chi connectivity index (χ0n) is 22.4. The predicted molar refractivity (Wildman–Crippen MR) is 152 cm³/mol. The summed E-state index contributed by atoms with van der Waals surface area (Å²) < 4.78 is 6.04. The lowest BCUT2D eigenvalue weighted by molar-refractivity contribution is -0.183. The highest BCUT2D eigenvalue weighted by atomic mass is 35.5. The average Bonchev–Trinajstić information content (AvgIpc) is 3.10. The second-order valence-corrected chi connectivity index (χ2v) is 13.4. The first kappa shape index (κ1) is 27.0. The summed E-state index contributed by atoms with van der Waals surface area (Å²) in [6.07, 6.45) is 7.20. The summed E-state index contributed by atoms with van der Waals surface area (Å²) in [5.41, 5.74) is -1.79. The number of allylic oxidation sites excluding steroid dienone is 4. The van der Waals surface area contributed by atoms with E-state index in [1.807, 2.05) is 44.2 Å². The fourth-order valence-electron chi connectivity index (χ4n) is 8.92. The van der Waals surface area contributed by atoms with Crippen molar-refractivity contribution in [3.05, 3.63) is 64.2 Å². The molecule has 0 saturated heterocycles. The van der Waals surface area contributed by atoms with Gasteiger partial charge in [0.2, 0.25) is 5.78 Å². The van der Waals surface area contributed by atoms with Crippen LogP contribution in [0.5, 0.6) is 5.75 Å². The number of aliphatic hydroxyl groups excluding tert-OH is 1. The molecule has 0 heterocycles. The van der Waals surface area contributed by atoms with Crippen molar-refractivity contribution in [2.75, 3.05) is 6.61 Å². The van der Waals surface area contributed by atoms with Crippen molar-refractivity contribution in [3.63, 3.8) is 0 Å². The van der Waals surface area contributed by atoms with Gasteiger partial charge in [0, 0.05) is 27.5 Å². The fourth-order valence-corrected chi connectivity index (χ4v) is 9.52. The minimum Gasteiger partial charge on any atom is -0.483 e. The van der Waals surface area contributed by atoms with Crippen molar-refractivity contribution < 1.29 is 24.5 Å². The highest BCUT2D eigenvalue weighted by Gasteiger charge is 2.70. The van der Waals surface area contributed by atoms with Gasteiger partial charge < -0.3 is 14.9 Å².